The van der Waals surface area contributed by atoms with Crippen LogP contribution in [-0.4, -0.2) is 47.8 Å². The van der Waals surface area contributed by atoms with Crippen molar-refractivity contribution in [1.29, 1.82) is 0 Å². The van der Waals surface area contributed by atoms with Crippen LogP contribution < -0.4 is 11.1 Å². The van der Waals surface area contributed by atoms with Gasteiger partial charge < -0.3 is 20.7 Å². The van der Waals surface area contributed by atoms with Crippen LogP contribution in [0.2, 0.25) is 0 Å². The van der Waals surface area contributed by atoms with Crippen LogP contribution in [0.5, 0.6) is 0 Å². The molecule has 1 unspecified atom stereocenters. The SMILES string of the molecule is CC(C)(C)OC(=O)N1CCC(N[C@@H]2CCCCC2N)CC1. The molecule has 5 nitrogen and oxygen atoms in total. The van der Waals surface area contributed by atoms with Gasteiger partial charge in [-0.25, -0.2) is 4.79 Å². The van der Waals surface area contributed by atoms with Crippen LogP contribution in [-0.2, 0) is 4.74 Å². The smallest absolute Gasteiger partial charge is 0.410 e. The monoisotopic (exact) mass is 297 g/mol. The fourth-order valence-corrected chi connectivity index (χ4v) is 3.22. The van der Waals surface area contributed by atoms with E-state index in [1.807, 2.05) is 25.7 Å². The fraction of sp³-hybridized carbons (Fsp3) is 0.938. The molecule has 3 N–H and O–H groups in total. The van der Waals surface area contributed by atoms with E-state index < -0.39 is 5.60 Å². The first kappa shape index (κ1) is 16.6. The van der Waals surface area contributed by atoms with Crippen LogP contribution in [0.25, 0.3) is 0 Å². The molecule has 1 aliphatic heterocycles. The van der Waals surface area contributed by atoms with E-state index in [0.29, 0.717) is 18.1 Å². The highest BCUT2D eigenvalue weighted by Gasteiger charge is 2.29. The van der Waals surface area contributed by atoms with E-state index in [1.165, 1.54) is 19.3 Å². The molecule has 0 aromatic rings. The van der Waals surface area contributed by atoms with Crippen LogP contribution in [0.3, 0.4) is 0 Å². The number of nitrogens with zero attached hydrogens (tertiary/aromatic N) is 1. The molecule has 1 heterocycles. The van der Waals surface area contributed by atoms with E-state index in [0.717, 1.165) is 32.4 Å². The Kier molecular flexibility index (Phi) is 5.49. The molecule has 0 aromatic heterocycles. The summed E-state index contributed by atoms with van der Waals surface area (Å²) >= 11 is 0. The molecule has 21 heavy (non-hydrogen) atoms. The lowest BCUT2D eigenvalue weighted by molar-refractivity contribution is 0.0193. The molecule has 1 aliphatic carbocycles. The van der Waals surface area contributed by atoms with Crippen molar-refractivity contribution in [2.45, 2.75) is 83.0 Å². The second-order valence-corrected chi connectivity index (χ2v) is 7.46. The minimum atomic E-state index is -0.416. The standard InChI is InChI=1S/C16H31N3O2/c1-16(2,3)21-15(20)19-10-8-12(9-11-19)18-14-7-5-4-6-13(14)17/h12-14,18H,4-11,17H2,1-3H3/t13?,14-/m1/s1. The van der Waals surface area contributed by atoms with Gasteiger partial charge in [-0.3, -0.25) is 0 Å². The highest BCUT2D eigenvalue weighted by Crippen LogP contribution is 2.20. The summed E-state index contributed by atoms with van der Waals surface area (Å²) in [6.07, 6.45) is 6.65. The third kappa shape index (κ3) is 5.15. The summed E-state index contributed by atoms with van der Waals surface area (Å²) in [6.45, 7) is 7.26. The van der Waals surface area contributed by atoms with Crippen LogP contribution in [0.15, 0.2) is 0 Å². The van der Waals surface area contributed by atoms with Gasteiger partial charge in [0.15, 0.2) is 0 Å². The summed E-state index contributed by atoms with van der Waals surface area (Å²) in [5, 5.41) is 3.71. The van der Waals surface area contributed by atoms with Gasteiger partial charge in [-0.2, -0.15) is 0 Å². The topological polar surface area (TPSA) is 67.6 Å². The summed E-state index contributed by atoms with van der Waals surface area (Å²) in [4.78, 5) is 13.8. The Hall–Kier alpha value is -0.810. The molecule has 0 radical (unpaired) electrons. The zero-order valence-corrected chi connectivity index (χ0v) is 13.7. The summed E-state index contributed by atoms with van der Waals surface area (Å²) in [5.74, 6) is 0. The zero-order chi connectivity index (χ0) is 15.5. The maximum Gasteiger partial charge on any atom is 0.410 e. The number of rotatable bonds is 2. The molecule has 0 aromatic carbocycles. The van der Waals surface area contributed by atoms with Gasteiger partial charge >= 0.3 is 6.09 Å². The van der Waals surface area contributed by atoms with Crippen LogP contribution in [0.4, 0.5) is 4.79 Å². The van der Waals surface area contributed by atoms with Gasteiger partial charge in [0, 0.05) is 31.2 Å². The molecule has 2 fully saturated rings. The number of piperidine rings is 1. The molecular formula is C16H31N3O2. The molecule has 2 atom stereocenters. The van der Waals surface area contributed by atoms with Gasteiger partial charge in [-0.05, 0) is 46.5 Å². The number of nitrogens with two attached hydrogens (primary N) is 1. The lowest BCUT2D eigenvalue weighted by Gasteiger charge is -2.38. The number of nitrogens with one attached hydrogen (secondary N) is 1. The largest absolute Gasteiger partial charge is 0.444 e. The lowest BCUT2D eigenvalue weighted by Crippen LogP contribution is -2.54. The molecule has 2 rings (SSSR count). The Labute approximate surface area is 128 Å². The number of ether oxygens (including phenoxy) is 1. The summed E-state index contributed by atoms with van der Waals surface area (Å²) in [5.41, 5.74) is 5.78. The second-order valence-electron chi connectivity index (χ2n) is 7.46. The molecular weight excluding hydrogens is 266 g/mol. The molecule has 2 aliphatic rings. The zero-order valence-electron chi connectivity index (χ0n) is 13.7. The number of carbonyl (C=O) groups is 1. The molecule has 5 heteroatoms. The van der Waals surface area contributed by atoms with Gasteiger partial charge in [-0.15, -0.1) is 0 Å². The quantitative estimate of drug-likeness (QED) is 0.820. The molecule has 122 valence electrons. The molecule has 0 bridgehead atoms. The summed E-state index contributed by atoms with van der Waals surface area (Å²) < 4.78 is 5.43. The maximum atomic E-state index is 12.0. The molecule has 1 amide bonds. The first-order valence-electron chi connectivity index (χ1n) is 8.35. The van der Waals surface area contributed by atoms with Crippen LogP contribution in [0, 0.1) is 0 Å². The van der Waals surface area contributed by atoms with E-state index in [1.54, 1.807) is 0 Å². The highest BCUT2D eigenvalue weighted by atomic mass is 16.6. The number of hydrogen-bond acceptors (Lipinski definition) is 4. The van der Waals surface area contributed by atoms with Gasteiger partial charge in [0.05, 0.1) is 0 Å². The fourth-order valence-electron chi connectivity index (χ4n) is 3.22. The second kappa shape index (κ2) is 6.97. The predicted octanol–water partition coefficient (Wildman–Crippen LogP) is 2.25. The number of likely N-dealkylation sites (tertiary alicyclic amines) is 1. The number of hydrogen-bond donors (Lipinski definition) is 2. The number of carbonyl (C=O) groups excluding carboxylic acids is 1. The normalized spacial score (nSPS) is 28.5. The predicted molar refractivity (Wildman–Crippen MR) is 84.2 cm³/mol. The van der Waals surface area contributed by atoms with Crippen molar-refractivity contribution >= 4 is 6.09 Å². The number of amides is 1. The van der Waals surface area contributed by atoms with Gasteiger partial charge in [0.1, 0.15) is 5.60 Å². The van der Waals surface area contributed by atoms with Crippen molar-refractivity contribution in [3.05, 3.63) is 0 Å². The average molecular weight is 297 g/mol. The van der Waals surface area contributed by atoms with Crippen molar-refractivity contribution in [1.82, 2.24) is 10.2 Å². The van der Waals surface area contributed by atoms with Gasteiger partial charge in [0.2, 0.25) is 0 Å². The minimum absolute atomic E-state index is 0.185. The van der Waals surface area contributed by atoms with Crippen molar-refractivity contribution in [2.75, 3.05) is 13.1 Å². The average Bonchev–Trinajstić information content (AvgIpc) is 2.40. The lowest BCUT2D eigenvalue weighted by atomic mass is 9.89. The summed E-state index contributed by atoms with van der Waals surface area (Å²) in [7, 11) is 0. The maximum absolute atomic E-state index is 12.0. The molecule has 1 saturated heterocycles. The van der Waals surface area contributed by atoms with E-state index in [-0.39, 0.29) is 6.09 Å². The Balaban J connectivity index is 1.74. The highest BCUT2D eigenvalue weighted by molar-refractivity contribution is 5.68. The molecule has 1 saturated carbocycles. The van der Waals surface area contributed by atoms with Crippen molar-refractivity contribution in [2.24, 2.45) is 5.73 Å². The van der Waals surface area contributed by atoms with Crippen molar-refractivity contribution in [3.63, 3.8) is 0 Å². The van der Waals surface area contributed by atoms with E-state index in [4.69, 9.17) is 10.5 Å². The van der Waals surface area contributed by atoms with Crippen LogP contribution in [0.1, 0.15) is 59.3 Å². The Morgan fingerprint density at radius 3 is 2.33 bits per heavy atom. The Morgan fingerprint density at radius 2 is 1.76 bits per heavy atom. The third-order valence-corrected chi connectivity index (χ3v) is 4.42. The Bertz CT molecular complexity index is 346. The molecule has 0 spiro atoms. The first-order chi connectivity index (χ1) is 9.85. The first-order valence-corrected chi connectivity index (χ1v) is 8.35. The van der Waals surface area contributed by atoms with E-state index in [9.17, 15) is 4.79 Å². The summed E-state index contributed by atoms with van der Waals surface area (Å²) in [6, 6.07) is 1.23. The third-order valence-electron chi connectivity index (χ3n) is 4.42. The Morgan fingerprint density at radius 1 is 1.14 bits per heavy atom. The van der Waals surface area contributed by atoms with Gasteiger partial charge in [0.25, 0.3) is 0 Å². The van der Waals surface area contributed by atoms with Crippen molar-refractivity contribution in [3.8, 4) is 0 Å². The van der Waals surface area contributed by atoms with E-state index >= 15 is 0 Å². The van der Waals surface area contributed by atoms with Crippen molar-refractivity contribution < 1.29 is 9.53 Å². The van der Waals surface area contributed by atoms with Crippen LogP contribution >= 0.6 is 0 Å². The minimum Gasteiger partial charge on any atom is -0.444 e. The van der Waals surface area contributed by atoms with Gasteiger partial charge in [-0.1, -0.05) is 12.8 Å². The van der Waals surface area contributed by atoms with E-state index in [2.05, 4.69) is 5.32 Å².